The Morgan fingerprint density at radius 1 is 1.28 bits per heavy atom. The van der Waals surface area contributed by atoms with Crippen LogP contribution in [0.15, 0.2) is 23.1 Å². The van der Waals surface area contributed by atoms with E-state index in [0.29, 0.717) is 5.56 Å². The molecular formula is C12H18NO4S+. The molecule has 0 saturated heterocycles. The van der Waals surface area contributed by atoms with E-state index in [0.717, 1.165) is 4.74 Å². The third-order valence-corrected chi connectivity index (χ3v) is 3.31. The second kappa shape index (κ2) is 4.70. The highest BCUT2D eigenvalue weighted by Crippen LogP contribution is 2.16. The van der Waals surface area contributed by atoms with Gasteiger partial charge in [0.1, 0.15) is 4.90 Å². The lowest BCUT2D eigenvalue weighted by molar-refractivity contribution is -0.816. The number of hydrogen-bond donors (Lipinski definition) is 2. The molecule has 6 heteroatoms. The predicted molar refractivity (Wildman–Crippen MR) is 68.0 cm³/mol. The highest BCUT2D eigenvalue weighted by atomic mass is 32.2. The van der Waals surface area contributed by atoms with E-state index in [2.05, 4.69) is 0 Å². The molecule has 1 aromatic carbocycles. The second-order valence-corrected chi connectivity index (χ2v) is 6.55. The summed E-state index contributed by atoms with van der Waals surface area (Å²) in [4.78, 5) is -0.217. The van der Waals surface area contributed by atoms with Crippen LogP contribution in [0, 0.1) is 6.92 Å². The molecule has 0 unspecified atom stereocenters. The highest BCUT2D eigenvalue weighted by Gasteiger charge is 2.26. The van der Waals surface area contributed by atoms with Gasteiger partial charge in [0.2, 0.25) is 11.8 Å². The molecule has 0 radical (unpaired) electrons. The summed E-state index contributed by atoms with van der Waals surface area (Å²) >= 11 is 0. The number of nitrogens with zero attached hydrogens (tertiary/aromatic N) is 1. The van der Waals surface area contributed by atoms with Crippen LogP contribution in [0.5, 0.6) is 0 Å². The Morgan fingerprint density at radius 3 is 2.28 bits per heavy atom. The zero-order valence-corrected chi connectivity index (χ0v) is 11.7. The summed E-state index contributed by atoms with van der Waals surface area (Å²) in [7, 11) is -4.32. The SMILES string of the molecule is Cc1ccc(C=[N+](O)C(C)(C)C)c(S(=O)(=O)O)c1. The first kappa shape index (κ1) is 14.7. The number of aryl methyl sites for hydroxylation is 1. The van der Waals surface area contributed by atoms with Crippen LogP contribution in [-0.2, 0) is 10.1 Å². The van der Waals surface area contributed by atoms with Crippen molar-refractivity contribution in [1.29, 1.82) is 0 Å². The fraction of sp³-hybridized carbons (Fsp3) is 0.417. The largest absolute Gasteiger partial charge is 0.295 e. The third kappa shape index (κ3) is 3.54. The molecule has 2 N–H and O–H groups in total. The molecular weight excluding hydrogens is 254 g/mol. The number of benzene rings is 1. The molecule has 1 rings (SSSR count). The fourth-order valence-corrected chi connectivity index (χ4v) is 2.05. The maximum Gasteiger partial charge on any atom is 0.295 e. The first-order valence-electron chi connectivity index (χ1n) is 5.43. The van der Waals surface area contributed by atoms with E-state index < -0.39 is 15.7 Å². The quantitative estimate of drug-likeness (QED) is 0.283. The fourth-order valence-electron chi connectivity index (χ4n) is 1.30. The molecule has 0 aliphatic rings. The van der Waals surface area contributed by atoms with E-state index in [9.17, 15) is 13.6 Å². The summed E-state index contributed by atoms with van der Waals surface area (Å²) in [6, 6.07) is 4.60. The van der Waals surface area contributed by atoms with Gasteiger partial charge in [-0.3, -0.25) is 9.76 Å². The molecule has 0 saturated carbocycles. The van der Waals surface area contributed by atoms with Gasteiger partial charge < -0.3 is 0 Å². The minimum Gasteiger partial charge on any atom is -0.290 e. The summed E-state index contributed by atoms with van der Waals surface area (Å²) in [5, 5.41) is 9.80. The van der Waals surface area contributed by atoms with Gasteiger partial charge in [-0.05, 0) is 29.4 Å². The molecule has 100 valence electrons. The predicted octanol–water partition coefficient (Wildman–Crippen LogP) is 1.86. The van der Waals surface area contributed by atoms with Crippen molar-refractivity contribution in [2.24, 2.45) is 0 Å². The highest BCUT2D eigenvalue weighted by molar-refractivity contribution is 7.86. The molecule has 0 aliphatic carbocycles. The maximum absolute atomic E-state index is 11.3. The molecule has 0 heterocycles. The molecule has 0 aromatic heterocycles. The van der Waals surface area contributed by atoms with Crippen LogP contribution in [0.1, 0.15) is 31.9 Å². The van der Waals surface area contributed by atoms with E-state index in [1.807, 2.05) is 0 Å². The molecule has 1 aromatic rings. The summed E-state index contributed by atoms with van der Waals surface area (Å²) in [5.74, 6) is 0. The monoisotopic (exact) mass is 272 g/mol. The molecule has 0 atom stereocenters. The van der Waals surface area contributed by atoms with E-state index >= 15 is 0 Å². The Morgan fingerprint density at radius 2 is 1.83 bits per heavy atom. The standard InChI is InChI=1S/C12H17NO4S/c1-9-5-6-10(8-13(14)12(2,3)4)11(7-9)18(15,16)17/h5-8H,1-4H3,(H-,14,15,16,17)/p+1. The lowest BCUT2D eigenvalue weighted by atomic mass is 10.1. The molecule has 0 spiro atoms. The van der Waals surface area contributed by atoms with Crippen molar-refractivity contribution < 1.29 is 22.9 Å². The van der Waals surface area contributed by atoms with Gasteiger partial charge in [0.25, 0.3) is 10.1 Å². The molecule has 5 nitrogen and oxygen atoms in total. The van der Waals surface area contributed by atoms with Crippen molar-refractivity contribution in [2.45, 2.75) is 38.1 Å². The van der Waals surface area contributed by atoms with Crippen LogP contribution >= 0.6 is 0 Å². The van der Waals surface area contributed by atoms with Gasteiger partial charge in [0.15, 0.2) is 0 Å². The van der Waals surface area contributed by atoms with Crippen molar-refractivity contribution in [2.75, 3.05) is 0 Å². The van der Waals surface area contributed by atoms with Crippen molar-refractivity contribution in [1.82, 2.24) is 0 Å². The zero-order valence-electron chi connectivity index (χ0n) is 10.9. The zero-order chi connectivity index (χ0) is 14.1. The molecule has 0 bridgehead atoms. The minimum absolute atomic E-state index is 0.217. The Labute approximate surface area is 107 Å². The van der Waals surface area contributed by atoms with Gasteiger partial charge >= 0.3 is 0 Å². The third-order valence-electron chi connectivity index (χ3n) is 2.40. The first-order chi connectivity index (χ1) is 8.01. The Kier molecular flexibility index (Phi) is 3.83. The van der Waals surface area contributed by atoms with Crippen molar-refractivity contribution in [3.8, 4) is 0 Å². The molecule has 0 amide bonds. The van der Waals surface area contributed by atoms with Crippen molar-refractivity contribution in [3.63, 3.8) is 0 Å². The van der Waals surface area contributed by atoms with E-state index in [1.54, 1.807) is 33.8 Å². The van der Waals surface area contributed by atoms with Crippen LogP contribution in [0.2, 0.25) is 0 Å². The summed E-state index contributed by atoms with van der Waals surface area (Å²) < 4.78 is 32.6. The lowest BCUT2D eigenvalue weighted by Crippen LogP contribution is -2.31. The normalized spacial score (nSPS) is 13.7. The Bertz CT molecular complexity index is 583. The van der Waals surface area contributed by atoms with Crippen molar-refractivity contribution >= 4 is 16.3 Å². The van der Waals surface area contributed by atoms with E-state index in [-0.39, 0.29) is 10.5 Å². The number of rotatable bonds is 2. The first-order valence-corrected chi connectivity index (χ1v) is 6.87. The van der Waals surface area contributed by atoms with Gasteiger partial charge in [-0.2, -0.15) is 8.42 Å². The van der Waals surface area contributed by atoms with Gasteiger partial charge in [0.05, 0.1) is 5.56 Å². The maximum atomic E-state index is 11.3. The van der Waals surface area contributed by atoms with Crippen LogP contribution in [0.25, 0.3) is 0 Å². The van der Waals surface area contributed by atoms with Gasteiger partial charge in [0, 0.05) is 20.8 Å². The minimum atomic E-state index is -4.32. The van der Waals surface area contributed by atoms with E-state index in [1.165, 1.54) is 18.3 Å². The van der Waals surface area contributed by atoms with E-state index in [4.69, 9.17) is 4.55 Å². The van der Waals surface area contributed by atoms with Gasteiger partial charge in [-0.25, -0.2) is 0 Å². The topological polar surface area (TPSA) is 77.6 Å². The molecule has 0 fully saturated rings. The summed E-state index contributed by atoms with van der Waals surface area (Å²) in [5.41, 5.74) is 0.377. The van der Waals surface area contributed by atoms with Crippen LogP contribution in [0.4, 0.5) is 0 Å². The van der Waals surface area contributed by atoms with Crippen LogP contribution < -0.4 is 0 Å². The summed E-state index contributed by atoms with van der Waals surface area (Å²) in [6.07, 6.45) is 1.28. The second-order valence-electron chi connectivity index (χ2n) is 5.16. The number of hydrogen-bond acceptors (Lipinski definition) is 3. The Balaban J connectivity index is 3.44. The average Bonchev–Trinajstić information content (AvgIpc) is 2.17. The smallest absolute Gasteiger partial charge is 0.290 e. The van der Waals surface area contributed by atoms with Crippen molar-refractivity contribution in [3.05, 3.63) is 29.3 Å². The van der Waals surface area contributed by atoms with Gasteiger partial charge in [-0.15, -0.1) is 0 Å². The average molecular weight is 272 g/mol. The summed E-state index contributed by atoms with van der Waals surface area (Å²) in [6.45, 7) is 7.03. The Hall–Kier alpha value is -1.40. The number of hydroxylamine groups is 1. The molecule has 0 aliphatic heterocycles. The van der Waals surface area contributed by atoms with Crippen LogP contribution in [-0.4, -0.2) is 34.7 Å². The van der Waals surface area contributed by atoms with Crippen LogP contribution in [0.3, 0.4) is 0 Å². The van der Waals surface area contributed by atoms with Gasteiger partial charge in [-0.1, -0.05) is 6.07 Å². The molecule has 18 heavy (non-hydrogen) atoms. The lowest BCUT2D eigenvalue weighted by Gasteiger charge is -2.10.